The van der Waals surface area contributed by atoms with E-state index in [4.69, 9.17) is 22.9 Å². The van der Waals surface area contributed by atoms with Gasteiger partial charge in [-0.25, -0.2) is 4.79 Å². The van der Waals surface area contributed by atoms with Crippen LogP contribution in [0.1, 0.15) is 73.5 Å². The zero-order valence-corrected chi connectivity index (χ0v) is 32.1. The third-order valence-corrected chi connectivity index (χ3v) is 15.2. The van der Waals surface area contributed by atoms with Gasteiger partial charge in [-0.05, 0) is 141 Å². The first-order valence-electron chi connectivity index (χ1n) is 13.6. The highest BCUT2D eigenvalue weighted by molar-refractivity contribution is 14.1. The second-order valence-electron chi connectivity index (χ2n) is 12.1. The lowest BCUT2D eigenvalue weighted by Gasteiger charge is -2.36. The van der Waals surface area contributed by atoms with Crippen LogP contribution in [0.25, 0.3) is 0 Å². The molecular formula is C29H44I2NO7PSi. The summed E-state index contributed by atoms with van der Waals surface area (Å²) in [6, 6.07) is 9.39. The highest BCUT2D eigenvalue weighted by Crippen LogP contribution is 2.62. The van der Waals surface area contributed by atoms with E-state index in [9.17, 15) is 9.36 Å². The smallest absolute Gasteiger partial charge is 0.412 e. The van der Waals surface area contributed by atoms with Gasteiger partial charge in [0.25, 0.3) is 0 Å². The van der Waals surface area contributed by atoms with Gasteiger partial charge >= 0.3 is 13.7 Å². The van der Waals surface area contributed by atoms with E-state index in [1.165, 1.54) is 0 Å². The number of halogens is 2. The van der Waals surface area contributed by atoms with Crippen LogP contribution in [0.4, 0.5) is 10.5 Å². The summed E-state index contributed by atoms with van der Waals surface area (Å²) < 4.78 is 44.7. The summed E-state index contributed by atoms with van der Waals surface area (Å²) in [5.74, 6) is 1.96. The Hall–Kier alpha value is -0.863. The van der Waals surface area contributed by atoms with E-state index in [0.717, 1.165) is 9.32 Å². The van der Waals surface area contributed by atoms with Crippen molar-refractivity contribution in [3.05, 3.63) is 43.0 Å². The summed E-state index contributed by atoms with van der Waals surface area (Å²) in [6.45, 7) is 22.2. The minimum absolute atomic E-state index is 0.0825. The molecule has 230 valence electrons. The minimum Gasteiger partial charge on any atom is -0.543 e. The van der Waals surface area contributed by atoms with Crippen LogP contribution in [-0.4, -0.2) is 33.2 Å². The standard InChI is InChI=1S/C29H44I2NO7PSi/c1-12-35-40(34,36-13-2)19(3)22-18-23(30)26(24(31)25(22)32-27(33)38-28(4,5)6)37-20-14-16-21(17-15-20)39-41(10,11)29(7,8)9/h14-19H,12-13H2,1-11H3,(H,32,33). The van der Waals surface area contributed by atoms with Crippen LogP contribution in [0.15, 0.2) is 30.3 Å². The number of rotatable bonds is 11. The largest absolute Gasteiger partial charge is 0.543 e. The Morgan fingerprint density at radius 2 is 1.49 bits per heavy atom. The molecule has 41 heavy (non-hydrogen) atoms. The molecule has 0 radical (unpaired) electrons. The second-order valence-corrected chi connectivity index (χ2v) is 21.4. The van der Waals surface area contributed by atoms with Gasteiger partial charge in [0, 0.05) is 0 Å². The van der Waals surface area contributed by atoms with Crippen LogP contribution in [-0.2, 0) is 18.3 Å². The summed E-state index contributed by atoms with van der Waals surface area (Å²) in [4.78, 5) is 12.9. The van der Waals surface area contributed by atoms with E-state index in [2.05, 4.69) is 84.4 Å². The molecule has 1 amide bonds. The maximum Gasteiger partial charge on any atom is 0.412 e. The predicted molar refractivity (Wildman–Crippen MR) is 185 cm³/mol. The van der Waals surface area contributed by atoms with Gasteiger partial charge in [-0.3, -0.25) is 9.88 Å². The first-order valence-corrected chi connectivity index (χ1v) is 20.3. The lowest BCUT2D eigenvalue weighted by atomic mass is 10.1. The number of carbonyl (C=O) groups excluding carboxylic acids is 1. The van der Waals surface area contributed by atoms with Gasteiger partial charge < -0.3 is 22.9 Å². The van der Waals surface area contributed by atoms with E-state index in [1.807, 2.05) is 30.3 Å². The molecule has 1 unspecified atom stereocenters. The maximum atomic E-state index is 13.7. The molecule has 1 atom stereocenters. The van der Waals surface area contributed by atoms with Gasteiger partial charge in [-0.2, -0.15) is 0 Å². The molecule has 2 aromatic carbocycles. The fourth-order valence-electron chi connectivity index (χ4n) is 3.51. The van der Waals surface area contributed by atoms with Gasteiger partial charge in [-0.15, -0.1) is 0 Å². The number of hydrogen-bond acceptors (Lipinski definition) is 7. The molecule has 0 fully saturated rings. The number of amides is 1. The molecule has 12 heteroatoms. The van der Waals surface area contributed by atoms with Crippen LogP contribution in [0.2, 0.25) is 18.1 Å². The van der Waals surface area contributed by atoms with Crippen LogP contribution in [0.3, 0.4) is 0 Å². The number of nitrogens with one attached hydrogen (secondary N) is 1. The Morgan fingerprint density at radius 3 is 1.95 bits per heavy atom. The van der Waals surface area contributed by atoms with E-state index in [1.54, 1.807) is 41.5 Å². The second kappa shape index (κ2) is 14.3. The molecule has 0 saturated heterocycles. The molecular weight excluding hydrogens is 787 g/mol. The van der Waals surface area contributed by atoms with Crippen LogP contribution < -0.4 is 14.5 Å². The van der Waals surface area contributed by atoms with Crippen molar-refractivity contribution in [2.24, 2.45) is 0 Å². The highest BCUT2D eigenvalue weighted by Gasteiger charge is 2.39. The number of anilines is 1. The van der Waals surface area contributed by atoms with Crippen molar-refractivity contribution >= 4 is 72.9 Å². The normalized spacial score (nSPS) is 13.5. The zero-order chi connectivity index (χ0) is 31.4. The molecule has 1 N–H and O–H groups in total. The third-order valence-electron chi connectivity index (χ3n) is 6.60. The summed E-state index contributed by atoms with van der Waals surface area (Å²) in [7, 11) is -5.53. The number of benzene rings is 2. The van der Waals surface area contributed by atoms with E-state index < -0.39 is 33.3 Å². The van der Waals surface area contributed by atoms with Gasteiger partial charge in [0.1, 0.15) is 17.1 Å². The molecule has 0 aliphatic carbocycles. The van der Waals surface area contributed by atoms with Crippen LogP contribution in [0, 0.1) is 7.14 Å². The van der Waals surface area contributed by atoms with Crippen LogP contribution >= 0.6 is 52.8 Å². The van der Waals surface area contributed by atoms with E-state index in [-0.39, 0.29) is 18.3 Å². The van der Waals surface area contributed by atoms with Crippen molar-refractivity contribution in [1.29, 1.82) is 0 Å². The molecule has 0 heterocycles. The molecule has 8 nitrogen and oxygen atoms in total. The predicted octanol–water partition coefficient (Wildman–Crippen LogP) is 10.7. The van der Waals surface area contributed by atoms with Crippen molar-refractivity contribution in [3.63, 3.8) is 0 Å². The van der Waals surface area contributed by atoms with E-state index >= 15 is 0 Å². The average Bonchev–Trinajstić information content (AvgIpc) is 2.82. The lowest BCUT2D eigenvalue weighted by molar-refractivity contribution is 0.0635. The molecule has 2 aromatic rings. The van der Waals surface area contributed by atoms with E-state index in [0.29, 0.717) is 26.3 Å². The fourth-order valence-corrected chi connectivity index (χ4v) is 8.40. The van der Waals surface area contributed by atoms with Crippen molar-refractivity contribution in [1.82, 2.24) is 0 Å². The number of ether oxygens (including phenoxy) is 2. The summed E-state index contributed by atoms with van der Waals surface area (Å²) in [6.07, 6.45) is -0.634. The van der Waals surface area contributed by atoms with Crippen molar-refractivity contribution < 1.29 is 32.3 Å². The lowest BCUT2D eigenvalue weighted by Crippen LogP contribution is -2.43. The Labute approximate surface area is 273 Å². The Morgan fingerprint density at radius 1 is 0.976 bits per heavy atom. The Balaban J connectivity index is 2.54. The van der Waals surface area contributed by atoms with Gasteiger partial charge in [0.05, 0.1) is 31.7 Å². The summed E-state index contributed by atoms with van der Waals surface area (Å²) in [5, 5.41) is 2.96. The topological polar surface area (TPSA) is 92.3 Å². The van der Waals surface area contributed by atoms with Gasteiger partial charge in [0.2, 0.25) is 8.32 Å². The number of carbonyl (C=O) groups is 1. The SMILES string of the molecule is CCOP(=O)(OCC)C(C)c1cc(I)c(Oc2ccc(O[Si](C)(C)C(C)(C)C)cc2)c(I)c1NC(=O)OC(C)(C)C. The molecule has 0 saturated carbocycles. The summed E-state index contributed by atoms with van der Waals surface area (Å²) in [5.41, 5.74) is -0.347. The Kier molecular flexibility index (Phi) is 12.7. The highest BCUT2D eigenvalue weighted by atomic mass is 127. The van der Waals surface area contributed by atoms with Gasteiger partial charge in [0.15, 0.2) is 5.75 Å². The minimum atomic E-state index is -3.55. The first-order chi connectivity index (χ1) is 18.7. The quantitative estimate of drug-likeness (QED) is 0.137. The molecule has 2 rings (SSSR count). The maximum absolute atomic E-state index is 13.7. The monoisotopic (exact) mass is 831 g/mol. The van der Waals surface area contributed by atoms with Crippen molar-refractivity contribution in [2.45, 2.75) is 91.7 Å². The molecule has 0 bridgehead atoms. The third kappa shape index (κ3) is 9.82. The molecule has 0 aliphatic heterocycles. The molecule has 0 aromatic heterocycles. The fraction of sp³-hybridized carbons (Fsp3) is 0.552. The molecule has 0 spiro atoms. The zero-order valence-electron chi connectivity index (χ0n) is 25.9. The number of hydrogen-bond donors (Lipinski definition) is 1. The molecule has 0 aliphatic rings. The first kappa shape index (κ1) is 36.3. The Bertz CT molecular complexity index is 1250. The average molecular weight is 832 g/mol. The van der Waals surface area contributed by atoms with Crippen LogP contribution in [0.5, 0.6) is 17.2 Å². The van der Waals surface area contributed by atoms with Gasteiger partial charge in [-0.1, -0.05) is 20.8 Å². The summed E-state index contributed by atoms with van der Waals surface area (Å²) >= 11 is 4.32. The van der Waals surface area contributed by atoms with Crippen molar-refractivity contribution in [3.8, 4) is 17.2 Å². The van der Waals surface area contributed by atoms with Crippen molar-refractivity contribution in [2.75, 3.05) is 18.5 Å².